The second-order valence-electron chi connectivity index (χ2n) is 4.44. The van der Waals surface area contributed by atoms with Crippen LogP contribution in [-0.2, 0) is 0 Å². The summed E-state index contributed by atoms with van der Waals surface area (Å²) < 4.78 is 2.16. The summed E-state index contributed by atoms with van der Waals surface area (Å²) in [6.45, 7) is 0. The summed E-state index contributed by atoms with van der Waals surface area (Å²) in [7, 11) is 1.88. The van der Waals surface area contributed by atoms with Crippen LogP contribution in [0.4, 0.5) is 5.69 Å². The summed E-state index contributed by atoms with van der Waals surface area (Å²) in [6.07, 6.45) is 1.60. The van der Waals surface area contributed by atoms with Gasteiger partial charge in [-0.05, 0) is 81.1 Å². The molecule has 0 spiro atoms. The zero-order valence-electron chi connectivity index (χ0n) is 11.8. The first-order valence-electron chi connectivity index (χ1n) is 6.37. The molecule has 0 saturated heterocycles. The number of rotatable bonds is 4. The summed E-state index contributed by atoms with van der Waals surface area (Å²) in [5, 5.41) is 7.86. The molecular formula is C15H11Cl2I2N3O. The third kappa shape index (κ3) is 4.94. The van der Waals surface area contributed by atoms with E-state index in [2.05, 4.69) is 61.0 Å². The second-order valence-corrected chi connectivity index (χ2v) is 7.58. The summed E-state index contributed by atoms with van der Waals surface area (Å²) in [6, 6.07) is 8.62. The van der Waals surface area contributed by atoms with E-state index in [1.807, 2.05) is 19.2 Å². The van der Waals surface area contributed by atoms with Crippen LogP contribution < -0.4 is 10.7 Å². The fraction of sp³-hybridized carbons (Fsp3) is 0.0667. The van der Waals surface area contributed by atoms with Crippen LogP contribution in [0.1, 0.15) is 15.9 Å². The molecule has 0 aliphatic heterocycles. The molecule has 0 atom stereocenters. The van der Waals surface area contributed by atoms with E-state index in [0.717, 1.165) is 18.4 Å². The van der Waals surface area contributed by atoms with E-state index in [1.165, 1.54) is 6.07 Å². The highest BCUT2D eigenvalue weighted by Crippen LogP contribution is 2.25. The Morgan fingerprint density at radius 1 is 1.13 bits per heavy atom. The molecule has 0 fully saturated rings. The number of hydrazone groups is 1. The first kappa shape index (κ1) is 18.8. The van der Waals surface area contributed by atoms with Crippen molar-refractivity contribution >= 4 is 86.2 Å². The quantitative estimate of drug-likeness (QED) is 0.307. The monoisotopic (exact) mass is 573 g/mol. The van der Waals surface area contributed by atoms with Gasteiger partial charge in [0.2, 0.25) is 0 Å². The predicted molar refractivity (Wildman–Crippen MR) is 113 cm³/mol. The van der Waals surface area contributed by atoms with Crippen molar-refractivity contribution in [2.45, 2.75) is 0 Å². The van der Waals surface area contributed by atoms with Gasteiger partial charge in [-0.3, -0.25) is 4.79 Å². The Balaban J connectivity index is 2.09. The minimum absolute atomic E-state index is 0.329. The van der Waals surface area contributed by atoms with E-state index in [1.54, 1.807) is 18.3 Å². The van der Waals surface area contributed by atoms with Gasteiger partial charge in [0.15, 0.2) is 0 Å². The molecule has 0 heterocycles. The van der Waals surface area contributed by atoms with E-state index < -0.39 is 0 Å². The largest absolute Gasteiger partial charge is 0.386 e. The number of nitrogens with one attached hydrogen (secondary N) is 2. The number of hydrogen-bond acceptors (Lipinski definition) is 3. The fourth-order valence-electron chi connectivity index (χ4n) is 1.77. The molecule has 8 heteroatoms. The van der Waals surface area contributed by atoms with Crippen LogP contribution in [0.25, 0.3) is 0 Å². The minimum Gasteiger partial charge on any atom is -0.386 e. The van der Waals surface area contributed by atoms with Crippen molar-refractivity contribution in [3.05, 3.63) is 58.6 Å². The SMILES string of the molecule is CNc1c(I)cc(/C=N\NC(=O)c2ccc(Cl)c(Cl)c2)cc1I. The normalized spacial score (nSPS) is 10.8. The van der Waals surface area contributed by atoms with Crippen LogP contribution in [0, 0.1) is 7.14 Å². The van der Waals surface area contributed by atoms with Gasteiger partial charge in [0.1, 0.15) is 0 Å². The third-order valence-corrected chi connectivity index (χ3v) is 5.32. The van der Waals surface area contributed by atoms with E-state index in [0.29, 0.717) is 15.6 Å². The van der Waals surface area contributed by atoms with Crippen LogP contribution in [0.2, 0.25) is 10.0 Å². The minimum atomic E-state index is -0.351. The molecule has 0 saturated carbocycles. The number of anilines is 1. The molecule has 1 amide bonds. The second kappa shape index (κ2) is 8.50. The topological polar surface area (TPSA) is 53.5 Å². The van der Waals surface area contributed by atoms with Crippen molar-refractivity contribution in [1.29, 1.82) is 0 Å². The summed E-state index contributed by atoms with van der Waals surface area (Å²) in [5.74, 6) is -0.351. The van der Waals surface area contributed by atoms with Gasteiger partial charge in [0.05, 0.1) is 21.9 Å². The number of benzene rings is 2. The predicted octanol–water partition coefficient (Wildman–Crippen LogP) is 5.01. The third-order valence-electron chi connectivity index (χ3n) is 2.88. The molecule has 2 N–H and O–H groups in total. The lowest BCUT2D eigenvalue weighted by molar-refractivity contribution is 0.0955. The summed E-state index contributed by atoms with van der Waals surface area (Å²) in [5.41, 5.74) is 4.83. The molecule has 2 rings (SSSR count). The average Bonchev–Trinajstić information content (AvgIpc) is 2.49. The van der Waals surface area contributed by atoms with E-state index in [-0.39, 0.29) is 5.91 Å². The smallest absolute Gasteiger partial charge is 0.271 e. The highest BCUT2D eigenvalue weighted by Gasteiger charge is 2.07. The maximum Gasteiger partial charge on any atom is 0.271 e. The van der Waals surface area contributed by atoms with Gasteiger partial charge in [0, 0.05) is 19.8 Å². The highest BCUT2D eigenvalue weighted by atomic mass is 127. The molecule has 0 radical (unpaired) electrons. The van der Waals surface area contributed by atoms with Gasteiger partial charge in [-0.15, -0.1) is 0 Å². The number of amides is 1. The molecular weight excluding hydrogens is 563 g/mol. The molecule has 0 bridgehead atoms. The molecule has 23 heavy (non-hydrogen) atoms. The Bertz CT molecular complexity index is 758. The lowest BCUT2D eigenvalue weighted by Crippen LogP contribution is -2.17. The van der Waals surface area contributed by atoms with Crippen LogP contribution in [-0.4, -0.2) is 19.2 Å². The van der Waals surface area contributed by atoms with Crippen molar-refractivity contribution in [2.75, 3.05) is 12.4 Å². The lowest BCUT2D eigenvalue weighted by Gasteiger charge is -2.07. The van der Waals surface area contributed by atoms with Crippen molar-refractivity contribution in [3.8, 4) is 0 Å². The first-order chi connectivity index (χ1) is 10.9. The summed E-state index contributed by atoms with van der Waals surface area (Å²) >= 11 is 16.2. The Kier molecular flexibility index (Phi) is 6.93. The van der Waals surface area contributed by atoms with Crippen molar-refractivity contribution in [2.24, 2.45) is 5.10 Å². The van der Waals surface area contributed by atoms with Crippen molar-refractivity contribution in [1.82, 2.24) is 5.43 Å². The van der Waals surface area contributed by atoms with Crippen molar-refractivity contribution in [3.63, 3.8) is 0 Å². The number of carbonyl (C=O) groups excluding carboxylic acids is 1. The zero-order chi connectivity index (χ0) is 17.0. The number of hydrogen-bond donors (Lipinski definition) is 2. The number of halogens is 4. The molecule has 2 aromatic carbocycles. The molecule has 0 aromatic heterocycles. The van der Waals surface area contributed by atoms with Crippen molar-refractivity contribution < 1.29 is 4.79 Å². The van der Waals surface area contributed by atoms with Gasteiger partial charge in [-0.2, -0.15) is 5.10 Å². The standard InChI is InChI=1S/C15H11Cl2I2N3O/c1-20-14-12(18)4-8(5-13(14)19)7-21-22-15(23)9-2-3-10(16)11(17)6-9/h2-7,20H,1H3,(H,22,23)/b21-7-. The van der Waals surface area contributed by atoms with Gasteiger partial charge >= 0.3 is 0 Å². The molecule has 4 nitrogen and oxygen atoms in total. The van der Waals surface area contributed by atoms with Gasteiger partial charge in [-0.1, -0.05) is 23.2 Å². The lowest BCUT2D eigenvalue weighted by atomic mass is 10.2. The molecule has 2 aromatic rings. The first-order valence-corrected chi connectivity index (χ1v) is 9.29. The zero-order valence-corrected chi connectivity index (χ0v) is 17.7. The van der Waals surface area contributed by atoms with E-state index in [4.69, 9.17) is 23.2 Å². The highest BCUT2D eigenvalue weighted by molar-refractivity contribution is 14.1. The Hall–Kier alpha value is -0.580. The van der Waals surface area contributed by atoms with Gasteiger partial charge in [0.25, 0.3) is 5.91 Å². The molecule has 0 aliphatic rings. The Morgan fingerprint density at radius 3 is 2.35 bits per heavy atom. The molecule has 120 valence electrons. The van der Waals surface area contributed by atoms with E-state index >= 15 is 0 Å². The maximum absolute atomic E-state index is 12.0. The van der Waals surface area contributed by atoms with Gasteiger partial charge < -0.3 is 5.32 Å². The Morgan fingerprint density at radius 2 is 1.78 bits per heavy atom. The van der Waals surface area contributed by atoms with Crippen LogP contribution in [0.3, 0.4) is 0 Å². The van der Waals surface area contributed by atoms with Crippen LogP contribution >= 0.6 is 68.4 Å². The Labute approximate surface area is 171 Å². The average molecular weight is 574 g/mol. The van der Waals surface area contributed by atoms with Gasteiger partial charge in [-0.25, -0.2) is 5.43 Å². The summed E-state index contributed by atoms with van der Waals surface area (Å²) in [4.78, 5) is 12.0. The molecule has 0 unspecified atom stereocenters. The van der Waals surface area contributed by atoms with Crippen LogP contribution in [0.5, 0.6) is 0 Å². The maximum atomic E-state index is 12.0. The molecule has 0 aliphatic carbocycles. The van der Waals surface area contributed by atoms with Crippen LogP contribution in [0.15, 0.2) is 35.4 Å². The number of carbonyl (C=O) groups is 1. The fourth-order valence-corrected chi connectivity index (χ4v) is 4.43. The number of nitrogens with zero attached hydrogens (tertiary/aromatic N) is 1. The van der Waals surface area contributed by atoms with E-state index in [9.17, 15) is 4.79 Å².